The number of nitrogens with one attached hydrogen (secondary N) is 1. The van der Waals surface area contributed by atoms with Crippen LogP contribution in [0.3, 0.4) is 0 Å². The first kappa shape index (κ1) is 29.5. The van der Waals surface area contributed by atoms with Gasteiger partial charge in [-0.25, -0.2) is 8.42 Å². The predicted molar refractivity (Wildman–Crippen MR) is 153 cm³/mol. The largest absolute Gasteiger partial charge is 0.493 e. The quantitative estimate of drug-likeness (QED) is 0.305. The van der Waals surface area contributed by atoms with E-state index in [4.69, 9.17) is 22.8 Å². The van der Waals surface area contributed by atoms with E-state index in [2.05, 4.69) is 28.9 Å². The molecule has 1 aliphatic rings. The third-order valence-corrected chi connectivity index (χ3v) is 7.82. The zero-order valence-electron chi connectivity index (χ0n) is 21.8. The molecule has 0 bridgehead atoms. The fourth-order valence-corrected chi connectivity index (χ4v) is 5.23. The molecule has 0 unspecified atom stereocenters. The highest BCUT2D eigenvalue weighted by atomic mass is 35.5. The molecule has 0 atom stereocenters. The Morgan fingerprint density at radius 2 is 1.95 bits per heavy atom. The summed E-state index contributed by atoms with van der Waals surface area (Å²) in [6.07, 6.45) is 16.2. The first-order valence-corrected chi connectivity index (χ1v) is 14.7. The number of amides is 1. The van der Waals surface area contributed by atoms with E-state index in [0.29, 0.717) is 44.0 Å². The van der Waals surface area contributed by atoms with Crippen LogP contribution >= 0.6 is 11.6 Å². The Bertz CT molecular complexity index is 1290. The maximum Gasteiger partial charge on any atom is 0.241 e. The minimum atomic E-state index is -3.65. The molecule has 202 valence electrons. The average Bonchev–Trinajstić information content (AvgIpc) is 2.93. The van der Waals surface area contributed by atoms with Crippen LogP contribution in [-0.2, 0) is 27.8 Å². The van der Waals surface area contributed by atoms with Gasteiger partial charge in [-0.1, -0.05) is 60.4 Å². The second-order valence-electron chi connectivity index (χ2n) is 9.10. The number of hydrogen-bond acceptors (Lipinski definition) is 4. The number of terminal acetylenes is 1. The van der Waals surface area contributed by atoms with Gasteiger partial charge in [0.15, 0.2) is 0 Å². The van der Waals surface area contributed by atoms with Crippen LogP contribution in [0.25, 0.3) is 0 Å². The minimum absolute atomic E-state index is 0.0453. The molecule has 0 aliphatic heterocycles. The SMILES string of the molecule is C#CCNS(=O)(=O)c1ccc(CCN(Cc2cc(Cl)ccc2OCCC)C(=O)CCC2=CCCC=C2)cc1. The van der Waals surface area contributed by atoms with Crippen LogP contribution in [0, 0.1) is 12.3 Å². The molecule has 3 rings (SSSR count). The Labute approximate surface area is 231 Å². The number of hydrogen-bond donors (Lipinski definition) is 1. The third-order valence-electron chi connectivity index (χ3n) is 6.17. The molecule has 38 heavy (non-hydrogen) atoms. The lowest BCUT2D eigenvalue weighted by Crippen LogP contribution is -2.32. The normalized spacial score (nSPS) is 13.0. The van der Waals surface area contributed by atoms with Crippen molar-refractivity contribution >= 4 is 27.5 Å². The van der Waals surface area contributed by atoms with Gasteiger partial charge in [-0.05, 0) is 68.0 Å². The van der Waals surface area contributed by atoms with Crippen molar-refractivity contribution < 1.29 is 17.9 Å². The number of sulfonamides is 1. The maximum absolute atomic E-state index is 13.4. The second kappa shape index (κ2) is 14.8. The molecule has 1 N–H and O–H groups in total. The van der Waals surface area contributed by atoms with E-state index in [-0.39, 0.29) is 17.3 Å². The summed E-state index contributed by atoms with van der Waals surface area (Å²) >= 11 is 6.29. The summed E-state index contributed by atoms with van der Waals surface area (Å²) < 4.78 is 32.9. The molecular weight excluding hydrogens is 520 g/mol. The summed E-state index contributed by atoms with van der Waals surface area (Å²) in [5.41, 5.74) is 2.97. The highest BCUT2D eigenvalue weighted by Crippen LogP contribution is 2.26. The van der Waals surface area contributed by atoms with E-state index in [0.717, 1.165) is 36.1 Å². The lowest BCUT2D eigenvalue weighted by Gasteiger charge is -2.25. The Hall–Kier alpha value is -3.05. The van der Waals surface area contributed by atoms with Gasteiger partial charge in [-0.15, -0.1) is 6.42 Å². The molecule has 0 radical (unpaired) electrons. The zero-order valence-corrected chi connectivity index (χ0v) is 23.4. The molecule has 0 fully saturated rings. The molecule has 0 saturated heterocycles. The molecule has 0 aromatic heterocycles. The van der Waals surface area contributed by atoms with Crippen LogP contribution in [0.2, 0.25) is 5.02 Å². The minimum Gasteiger partial charge on any atom is -0.493 e. The standard InChI is InChI=1S/C30H35ClN2O4S/c1-3-19-32-38(35,36)28-14-10-25(11-15-28)18-20-33(30(34)17-12-24-8-6-5-7-9-24)23-26-22-27(31)13-16-29(26)37-21-4-2/h1,6,8-11,13-16,22,32H,4-5,7,12,17-21,23H2,2H3. The van der Waals surface area contributed by atoms with Crippen molar-refractivity contribution in [1.82, 2.24) is 9.62 Å². The number of halogens is 1. The lowest BCUT2D eigenvalue weighted by atomic mass is 10.0. The number of allylic oxidation sites excluding steroid dienone is 4. The molecule has 2 aromatic rings. The van der Waals surface area contributed by atoms with Gasteiger partial charge in [0, 0.05) is 30.1 Å². The van der Waals surface area contributed by atoms with E-state index in [9.17, 15) is 13.2 Å². The molecule has 1 aliphatic carbocycles. The maximum atomic E-state index is 13.4. The van der Waals surface area contributed by atoms with Crippen molar-refractivity contribution in [2.45, 2.75) is 56.9 Å². The monoisotopic (exact) mass is 554 g/mol. The van der Waals surface area contributed by atoms with E-state index in [1.165, 1.54) is 5.57 Å². The topological polar surface area (TPSA) is 75.7 Å². The third kappa shape index (κ3) is 9.05. The smallest absolute Gasteiger partial charge is 0.241 e. The summed E-state index contributed by atoms with van der Waals surface area (Å²) in [6.45, 7) is 3.39. The molecular formula is C30H35ClN2O4S. The average molecular weight is 555 g/mol. The summed E-state index contributed by atoms with van der Waals surface area (Å²) in [6, 6.07) is 12.1. The Morgan fingerprint density at radius 3 is 2.63 bits per heavy atom. The summed E-state index contributed by atoms with van der Waals surface area (Å²) in [4.78, 5) is 15.4. The van der Waals surface area contributed by atoms with E-state index < -0.39 is 10.0 Å². The highest BCUT2D eigenvalue weighted by molar-refractivity contribution is 7.89. The summed E-state index contributed by atoms with van der Waals surface area (Å²) in [7, 11) is -3.65. The van der Waals surface area contributed by atoms with Crippen LogP contribution in [0.5, 0.6) is 5.75 Å². The van der Waals surface area contributed by atoms with Gasteiger partial charge in [0.2, 0.25) is 15.9 Å². The van der Waals surface area contributed by atoms with E-state index >= 15 is 0 Å². The summed E-state index contributed by atoms with van der Waals surface area (Å²) in [5.74, 6) is 3.03. The van der Waals surface area contributed by atoms with Crippen molar-refractivity contribution in [2.75, 3.05) is 19.7 Å². The first-order valence-electron chi connectivity index (χ1n) is 12.9. The fourth-order valence-electron chi connectivity index (χ4n) is 4.10. The number of ether oxygens (including phenoxy) is 1. The van der Waals surface area contributed by atoms with Crippen molar-refractivity contribution in [1.29, 1.82) is 0 Å². The zero-order chi connectivity index (χ0) is 27.4. The Morgan fingerprint density at radius 1 is 1.16 bits per heavy atom. The van der Waals surface area contributed by atoms with Crippen LogP contribution in [0.4, 0.5) is 0 Å². The second-order valence-corrected chi connectivity index (χ2v) is 11.3. The van der Waals surface area contributed by atoms with Gasteiger partial charge in [0.05, 0.1) is 18.0 Å². The van der Waals surface area contributed by atoms with Crippen LogP contribution in [0.1, 0.15) is 50.2 Å². The molecule has 0 spiro atoms. The van der Waals surface area contributed by atoms with E-state index in [1.807, 2.05) is 24.0 Å². The molecule has 6 nitrogen and oxygen atoms in total. The number of carbonyl (C=O) groups excluding carboxylic acids is 1. The van der Waals surface area contributed by atoms with Gasteiger partial charge < -0.3 is 9.64 Å². The van der Waals surface area contributed by atoms with Crippen molar-refractivity contribution in [2.24, 2.45) is 0 Å². The number of rotatable bonds is 14. The Kier molecular flexibility index (Phi) is 11.5. The number of benzene rings is 2. The predicted octanol–water partition coefficient (Wildman–Crippen LogP) is 5.67. The van der Waals surface area contributed by atoms with Gasteiger partial charge in [0.1, 0.15) is 5.75 Å². The van der Waals surface area contributed by atoms with Gasteiger partial charge in [-0.2, -0.15) is 4.72 Å². The molecule has 8 heteroatoms. The van der Waals surface area contributed by atoms with Crippen LogP contribution in [0.15, 0.2) is 71.2 Å². The lowest BCUT2D eigenvalue weighted by molar-refractivity contribution is -0.131. The first-order chi connectivity index (χ1) is 18.3. The molecule has 0 heterocycles. The van der Waals surface area contributed by atoms with Crippen LogP contribution < -0.4 is 9.46 Å². The molecule has 1 amide bonds. The number of carbonyl (C=O) groups is 1. The number of nitrogens with zero attached hydrogens (tertiary/aromatic N) is 1. The van der Waals surface area contributed by atoms with Crippen molar-refractivity contribution in [3.63, 3.8) is 0 Å². The fraction of sp³-hybridized carbons (Fsp3) is 0.367. The van der Waals surface area contributed by atoms with E-state index in [1.54, 1.807) is 30.3 Å². The highest BCUT2D eigenvalue weighted by Gasteiger charge is 2.18. The molecule has 0 saturated carbocycles. The molecule has 2 aromatic carbocycles. The van der Waals surface area contributed by atoms with Crippen molar-refractivity contribution in [3.05, 3.63) is 82.4 Å². The van der Waals surface area contributed by atoms with Crippen molar-refractivity contribution in [3.8, 4) is 18.1 Å². The van der Waals surface area contributed by atoms with Gasteiger partial charge in [0.25, 0.3) is 0 Å². The van der Waals surface area contributed by atoms with Gasteiger partial charge >= 0.3 is 0 Å². The van der Waals surface area contributed by atoms with Crippen LogP contribution in [-0.4, -0.2) is 38.9 Å². The summed E-state index contributed by atoms with van der Waals surface area (Å²) in [5, 5.41) is 0.587. The van der Waals surface area contributed by atoms with Gasteiger partial charge in [-0.3, -0.25) is 4.79 Å². The Balaban J connectivity index is 1.75.